The van der Waals surface area contributed by atoms with Crippen molar-refractivity contribution in [2.75, 3.05) is 11.9 Å². The van der Waals surface area contributed by atoms with Crippen LogP contribution in [-0.2, 0) is 13.1 Å². The smallest absolute Gasteiger partial charge is 0.170 e. The van der Waals surface area contributed by atoms with Gasteiger partial charge in [0.2, 0.25) is 0 Å². The lowest BCUT2D eigenvalue weighted by molar-refractivity contribution is 0.558. The fourth-order valence-electron chi connectivity index (χ4n) is 3.35. The topological polar surface area (TPSA) is 59.7 Å². The molecule has 0 spiro atoms. The minimum Gasteiger partial charge on any atom is -0.362 e. The van der Waals surface area contributed by atoms with Crippen LogP contribution in [0.4, 0.5) is 10.1 Å². The van der Waals surface area contributed by atoms with Crippen LogP contribution in [0.15, 0.2) is 18.2 Å². The zero-order valence-electron chi connectivity index (χ0n) is 17.9. The molecule has 0 atom stereocenters. The third-order valence-electron chi connectivity index (χ3n) is 5.12. The van der Waals surface area contributed by atoms with Crippen LogP contribution in [0.1, 0.15) is 34.8 Å². The molecule has 2 heterocycles. The minimum absolute atomic E-state index is 0.241. The molecule has 0 saturated heterocycles. The highest BCUT2D eigenvalue weighted by atomic mass is 35.5. The predicted molar refractivity (Wildman–Crippen MR) is 128 cm³/mol. The Bertz CT molecular complexity index is 1090. The van der Waals surface area contributed by atoms with Crippen LogP contribution in [0.25, 0.3) is 0 Å². The Hall–Kier alpha value is -2.16. The third kappa shape index (κ3) is 5.37. The Kier molecular flexibility index (Phi) is 7.56. The van der Waals surface area contributed by atoms with Gasteiger partial charge in [0.05, 0.1) is 40.0 Å². The Balaban J connectivity index is 1.57. The molecule has 0 radical (unpaired) electrons. The van der Waals surface area contributed by atoms with E-state index < -0.39 is 0 Å². The number of thiocarbonyl (C=S) groups is 1. The quantitative estimate of drug-likeness (QED) is 0.358. The van der Waals surface area contributed by atoms with Crippen molar-refractivity contribution in [1.82, 2.24) is 24.9 Å². The number of rotatable bonds is 7. The first kappa shape index (κ1) is 23.5. The molecular weight excluding hydrogens is 458 g/mol. The molecule has 0 aliphatic rings. The maximum atomic E-state index is 14.1. The Morgan fingerprint density at radius 3 is 2.42 bits per heavy atom. The highest BCUT2D eigenvalue weighted by Crippen LogP contribution is 2.24. The van der Waals surface area contributed by atoms with Crippen LogP contribution in [0.3, 0.4) is 0 Å². The summed E-state index contributed by atoms with van der Waals surface area (Å²) in [5.74, 6) is -0.351. The highest BCUT2D eigenvalue weighted by molar-refractivity contribution is 7.80. The van der Waals surface area contributed by atoms with Crippen LogP contribution >= 0.6 is 35.4 Å². The number of aromatic nitrogens is 4. The van der Waals surface area contributed by atoms with Gasteiger partial charge in [0.25, 0.3) is 0 Å². The number of hydrogen-bond acceptors (Lipinski definition) is 3. The average Bonchev–Trinajstić information content (AvgIpc) is 3.12. The number of nitrogens with zero attached hydrogens (tertiary/aromatic N) is 4. The third-order valence-corrected chi connectivity index (χ3v) is 6.26. The SMILES string of the molecule is Cc1nn(CCCNC(=S)Nc2c(C)nn(Cc3c(F)cccc3Cl)c2C)c(C)c1Cl. The Labute approximate surface area is 196 Å². The second-order valence-electron chi connectivity index (χ2n) is 7.35. The average molecular weight is 483 g/mol. The molecule has 2 N–H and O–H groups in total. The zero-order chi connectivity index (χ0) is 22.7. The lowest BCUT2D eigenvalue weighted by Gasteiger charge is -2.12. The molecule has 0 aliphatic carbocycles. The van der Waals surface area contributed by atoms with Crippen molar-refractivity contribution in [3.63, 3.8) is 0 Å². The number of halogens is 3. The largest absolute Gasteiger partial charge is 0.362 e. The van der Waals surface area contributed by atoms with Gasteiger partial charge < -0.3 is 10.6 Å². The van der Waals surface area contributed by atoms with Crippen LogP contribution < -0.4 is 10.6 Å². The fourth-order valence-corrected chi connectivity index (χ4v) is 3.91. The normalized spacial score (nSPS) is 11.1. The van der Waals surface area contributed by atoms with Crippen LogP contribution in [0.2, 0.25) is 10.0 Å². The summed E-state index contributed by atoms with van der Waals surface area (Å²) in [6.45, 7) is 9.31. The van der Waals surface area contributed by atoms with Gasteiger partial charge in [-0.1, -0.05) is 29.3 Å². The van der Waals surface area contributed by atoms with Crippen molar-refractivity contribution < 1.29 is 4.39 Å². The summed E-state index contributed by atoms with van der Waals surface area (Å²) in [7, 11) is 0. The molecule has 6 nitrogen and oxygen atoms in total. The van der Waals surface area contributed by atoms with Crippen molar-refractivity contribution in [1.29, 1.82) is 0 Å². The molecule has 2 aromatic heterocycles. The van der Waals surface area contributed by atoms with Crippen LogP contribution in [0, 0.1) is 33.5 Å². The Morgan fingerprint density at radius 1 is 1.06 bits per heavy atom. The summed E-state index contributed by atoms with van der Waals surface area (Å²) in [4.78, 5) is 0. The first-order valence-electron chi connectivity index (χ1n) is 9.90. The summed E-state index contributed by atoms with van der Waals surface area (Å²) >= 11 is 17.8. The van der Waals surface area contributed by atoms with Gasteiger partial charge in [0.1, 0.15) is 5.82 Å². The molecule has 0 fully saturated rings. The van der Waals surface area contributed by atoms with Crippen molar-refractivity contribution in [2.45, 2.75) is 47.2 Å². The molecular formula is C21H25Cl2FN6S. The molecule has 0 unspecified atom stereocenters. The summed E-state index contributed by atoms with van der Waals surface area (Å²) in [6.07, 6.45) is 0.836. The highest BCUT2D eigenvalue weighted by Gasteiger charge is 2.16. The van der Waals surface area contributed by atoms with Gasteiger partial charge in [0, 0.05) is 23.7 Å². The van der Waals surface area contributed by atoms with Crippen LogP contribution in [-0.4, -0.2) is 31.2 Å². The van der Waals surface area contributed by atoms with Crippen molar-refractivity contribution in [2.24, 2.45) is 0 Å². The van der Waals surface area contributed by atoms with Gasteiger partial charge in [-0.3, -0.25) is 9.36 Å². The summed E-state index contributed by atoms with van der Waals surface area (Å²) in [5.41, 5.74) is 4.63. The maximum Gasteiger partial charge on any atom is 0.170 e. The van der Waals surface area contributed by atoms with E-state index in [-0.39, 0.29) is 12.4 Å². The second kappa shape index (κ2) is 9.97. The molecule has 1 aromatic carbocycles. The van der Waals surface area contributed by atoms with E-state index in [0.29, 0.717) is 27.3 Å². The molecule has 3 rings (SSSR count). The molecule has 0 aliphatic heterocycles. The molecule has 10 heteroatoms. The lowest BCUT2D eigenvalue weighted by atomic mass is 10.2. The van der Waals surface area contributed by atoms with Gasteiger partial charge >= 0.3 is 0 Å². The Morgan fingerprint density at radius 2 is 1.77 bits per heavy atom. The number of nitrogens with one attached hydrogen (secondary N) is 2. The second-order valence-corrected chi connectivity index (χ2v) is 8.54. The van der Waals surface area contributed by atoms with Gasteiger partial charge in [-0.25, -0.2) is 4.39 Å². The molecule has 166 valence electrons. The number of benzene rings is 1. The van der Waals surface area contributed by atoms with E-state index in [1.54, 1.807) is 16.8 Å². The summed E-state index contributed by atoms with van der Waals surface area (Å²) < 4.78 is 17.8. The van der Waals surface area contributed by atoms with E-state index in [1.165, 1.54) is 6.07 Å². The van der Waals surface area contributed by atoms with E-state index in [2.05, 4.69) is 20.8 Å². The summed E-state index contributed by atoms with van der Waals surface area (Å²) in [6, 6.07) is 4.65. The van der Waals surface area contributed by atoms with Gasteiger partial charge in [-0.2, -0.15) is 10.2 Å². The van der Waals surface area contributed by atoms with Crippen LogP contribution in [0.5, 0.6) is 0 Å². The summed E-state index contributed by atoms with van der Waals surface area (Å²) in [5, 5.41) is 16.9. The fraction of sp³-hybridized carbons (Fsp3) is 0.381. The van der Waals surface area contributed by atoms with E-state index in [9.17, 15) is 4.39 Å². The van der Waals surface area contributed by atoms with E-state index in [1.807, 2.05) is 32.4 Å². The lowest BCUT2D eigenvalue weighted by Crippen LogP contribution is -2.30. The first-order valence-corrected chi connectivity index (χ1v) is 11.1. The number of anilines is 1. The molecule has 3 aromatic rings. The maximum absolute atomic E-state index is 14.1. The van der Waals surface area contributed by atoms with E-state index in [0.717, 1.165) is 41.4 Å². The monoisotopic (exact) mass is 482 g/mol. The van der Waals surface area contributed by atoms with Gasteiger partial charge in [0.15, 0.2) is 5.11 Å². The number of hydrogen-bond donors (Lipinski definition) is 2. The van der Waals surface area contributed by atoms with Gasteiger partial charge in [-0.15, -0.1) is 0 Å². The zero-order valence-corrected chi connectivity index (χ0v) is 20.2. The van der Waals surface area contributed by atoms with E-state index >= 15 is 0 Å². The van der Waals surface area contributed by atoms with Crippen molar-refractivity contribution in [3.8, 4) is 0 Å². The molecule has 0 bridgehead atoms. The van der Waals surface area contributed by atoms with E-state index in [4.69, 9.17) is 35.4 Å². The predicted octanol–water partition coefficient (Wildman–Crippen LogP) is 5.18. The first-order chi connectivity index (χ1) is 14.7. The minimum atomic E-state index is -0.351. The van der Waals surface area contributed by atoms with Gasteiger partial charge in [-0.05, 0) is 58.5 Å². The molecule has 31 heavy (non-hydrogen) atoms. The standard InChI is InChI=1S/C21H25Cl2FN6S/c1-12-19(23)14(3)29(27-12)10-6-9-25-21(31)26-20-13(2)28-30(15(20)4)11-16-17(22)7-5-8-18(16)24/h5,7-8H,6,9-11H2,1-4H3,(H2,25,26,31). The number of aryl methyl sites for hydroxylation is 3. The molecule has 0 saturated carbocycles. The van der Waals surface area contributed by atoms with Crippen molar-refractivity contribution >= 4 is 46.2 Å². The molecule has 0 amide bonds. The van der Waals surface area contributed by atoms with Crippen molar-refractivity contribution in [3.05, 3.63) is 62.4 Å².